The van der Waals surface area contributed by atoms with Gasteiger partial charge < -0.3 is 5.32 Å². The molecule has 1 saturated carbocycles. The molecule has 1 aliphatic rings. The van der Waals surface area contributed by atoms with Gasteiger partial charge in [0.15, 0.2) is 4.34 Å². The van der Waals surface area contributed by atoms with E-state index < -0.39 is 0 Å². The van der Waals surface area contributed by atoms with Crippen LogP contribution in [0.5, 0.6) is 0 Å². The Bertz CT molecular complexity index is 289. The van der Waals surface area contributed by atoms with E-state index in [1.165, 1.54) is 37.2 Å². The average molecular weight is 257 g/mol. The zero-order valence-electron chi connectivity index (χ0n) is 9.69. The van der Waals surface area contributed by atoms with Crippen LogP contribution in [0.2, 0.25) is 0 Å². The molecule has 1 fully saturated rings. The average Bonchev–Trinajstić information content (AvgIpc) is 2.77. The first-order valence-electron chi connectivity index (χ1n) is 5.97. The van der Waals surface area contributed by atoms with Gasteiger partial charge in [-0.25, -0.2) is 4.98 Å². The third-order valence-electron chi connectivity index (χ3n) is 3.04. The van der Waals surface area contributed by atoms with Crippen LogP contribution < -0.4 is 5.32 Å². The predicted octanol–water partition coefficient (Wildman–Crippen LogP) is 2.80. The summed E-state index contributed by atoms with van der Waals surface area (Å²) in [5.41, 5.74) is 0. The van der Waals surface area contributed by atoms with E-state index in [1.54, 1.807) is 18.1 Å². The molecular weight excluding hydrogens is 238 g/mol. The fraction of sp³-hybridized carbons (Fsp3) is 0.818. The van der Waals surface area contributed by atoms with E-state index in [4.69, 9.17) is 0 Å². The summed E-state index contributed by atoms with van der Waals surface area (Å²) in [6.07, 6.45) is 7.14. The number of hydrogen-bond donors (Lipinski definition) is 1. The lowest BCUT2D eigenvalue weighted by Crippen LogP contribution is -2.34. The number of aromatic nitrogens is 2. The highest BCUT2D eigenvalue weighted by Crippen LogP contribution is 2.23. The van der Waals surface area contributed by atoms with Crippen molar-refractivity contribution in [2.45, 2.75) is 43.0 Å². The molecule has 0 saturated heterocycles. The summed E-state index contributed by atoms with van der Waals surface area (Å²) in [6, 6.07) is 0.749. The van der Waals surface area contributed by atoms with E-state index in [0.717, 1.165) is 28.6 Å². The smallest absolute Gasteiger partial charge is 0.169 e. The van der Waals surface area contributed by atoms with Gasteiger partial charge in [0.25, 0.3) is 0 Å². The van der Waals surface area contributed by atoms with E-state index >= 15 is 0 Å². The lowest BCUT2D eigenvalue weighted by molar-refractivity contribution is 0.306. The summed E-state index contributed by atoms with van der Waals surface area (Å²) in [5, 5.41) is 3.65. The van der Waals surface area contributed by atoms with E-state index in [1.807, 2.05) is 0 Å². The van der Waals surface area contributed by atoms with E-state index in [0.29, 0.717) is 0 Å². The van der Waals surface area contributed by atoms with Crippen LogP contribution in [0.25, 0.3) is 0 Å². The minimum Gasteiger partial charge on any atom is -0.313 e. The molecule has 90 valence electrons. The van der Waals surface area contributed by atoms with Gasteiger partial charge in [0, 0.05) is 18.3 Å². The minimum atomic E-state index is 0.749. The molecule has 3 nitrogen and oxygen atoms in total. The largest absolute Gasteiger partial charge is 0.313 e. The van der Waals surface area contributed by atoms with Gasteiger partial charge >= 0.3 is 0 Å². The monoisotopic (exact) mass is 257 g/mol. The molecule has 2 unspecified atom stereocenters. The number of nitrogens with one attached hydrogen (secondary N) is 1. The Morgan fingerprint density at radius 2 is 2.50 bits per heavy atom. The van der Waals surface area contributed by atoms with Crippen LogP contribution in [0.4, 0.5) is 0 Å². The number of rotatable bonds is 5. The Morgan fingerprint density at radius 3 is 3.25 bits per heavy atom. The van der Waals surface area contributed by atoms with Crippen molar-refractivity contribution in [3.63, 3.8) is 0 Å². The maximum atomic E-state index is 4.16. The maximum Gasteiger partial charge on any atom is 0.169 e. The maximum absolute atomic E-state index is 4.16. The fourth-order valence-corrected chi connectivity index (χ4v) is 3.63. The molecule has 0 aliphatic heterocycles. The topological polar surface area (TPSA) is 37.8 Å². The van der Waals surface area contributed by atoms with Gasteiger partial charge in [-0.1, -0.05) is 31.5 Å². The molecule has 1 heterocycles. The molecule has 0 bridgehead atoms. The Morgan fingerprint density at radius 1 is 1.56 bits per heavy atom. The van der Waals surface area contributed by atoms with Gasteiger partial charge in [0.1, 0.15) is 6.33 Å². The number of hydrogen-bond acceptors (Lipinski definition) is 5. The first kappa shape index (κ1) is 12.3. The van der Waals surface area contributed by atoms with Crippen LogP contribution in [0.1, 0.15) is 32.6 Å². The summed E-state index contributed by atoms with van der Waals surface area (Å²) in [5.74, 6) is 2.00. The molecule has 1 N–H and O–H groups in total. The molecule has 1 aliphatic carbocycles. The van der Waals surface area contributed by atoms with Gasteiger partial charge in [-0.2, -0.15) is 4.37 Å². The lowest BCUT2D eigenvalue weighted by atomic mass is 9.87. The second kappa shape index (κ2) is 6.57. The first-order valence-corrected chi connectivity index (χ1v) is 7.73. The van der Waals surface area contributed by atoms with Crippen LogP contribution >= 0.6 is 23.3 Å². The van der Waals surface area contributed by atoms with Gasteiger partial charge in [0.05, 0.1) is 0 Å². The highest BCUT2D eigenvalue weighted by atomic mass is 32.2. The highest BCUT2D eigenvalue weighted by molar-refractivity contribution is 8.00. The quantitative estimate of drug-likeness (QED) is 0.650. The first-order chi connectivity index (χ1) is 7.84. The van der Waals surface area contributed by atoms with Crippen molar-refractivity contribution in [2.24, 2.45) is 5.92 Å². The highest BCUT2D eigenvalue weighted by Gasteiger charge is 2.17. The molecule has 5 heteroatoms. The number of nitrogens with zero attached hydrogens (tertiary/aromatic N) is 2. The number of thioether (sulfide) groups is 1. The summed E-state index contributed by atoms with van der Waals surface area (Å²) in [4.78, 5) is 4.16. The Kier molecular flexibility index (Phi) is 5.06. The van der Waals surface area contributed by atoms with Crippen LogP contribution in [-0.4, -0.2) is 27.7 Å². The van der Waals surface area contributed by atoms with Crippen LogP contribution in [0.3, 0.4) is 0 Å². The molecule has 1 aromatic rings. The Hall–Kier alpha value is -0.130. The summed E-state index contributed by atoms with van der Waals surface area (Å²) < 4.78 is 5.07. The Balaban J connectivity index is 1.57. The summed E-state index contributed by atoms with van der Waals surface area (Å²) in [7, 11) is 0. The molecule has 0 amide bonds. The van der Waals surface area contributed by atoms with Crippen LogP contribution in [-0.2, 0) is 0 Å². The Labute approximate surface area is 106 Å². The van der Waals surface area contributed by atoms with Crippen molar-refractivity contribution < 1.29 is 0 Å². The fourth-order valence-electron chi connectivity index (χ4n) is 2.25. The third-order valence-corrected chi connectivity index (χ3v) is 4.84. The SMILES string of the molecule is CC1CCCC(NCCSc2ncns2)C1. The van der Waals surface area contributed by atoms with Crippen LogP contribution in [0, 0.1) is 5.92 Å². The van der Waals surface area contributed by atoms with E-state index in [-0.39, 0.29) is 0 Å². The third kappa shape index (κ3) is 4.03. The standard InChI is InChI=1S/C11H19N3S2/c1-9-3-2-4-10(7-9)12-5-6-15-11-13-8-14-16-11/h8-10,12H,2-7H2,1H3. The molecular formula is C11H19N3S2. The van der Waals surface area contributed by atoms with Gasteiger partial charge in [-0.3, -0.25) is 0 Å². The molecule has 2 rings (SSSR count). The predicted molar refractivity (Wildman–Crippen MR) is 70.1 cm³/mol. The van der Waals surface area contributed by atoms with Crippen molar-refractivity contribution in [1.82, 2.24) is 14.7 Å². The second-order valence-corrected chi connectivity index (χ2v) is 6.60. The normalized spacial score (nSPS) is 25.8. The zero-order chi connectivity index (χ0) is 11.2. The van der Waals surface area contributed by atoms with Gasteiger partial charge in [0.2, 0.25) is 0 Å². The molecule has 0 radical (unpaired) electrons. The van der Waals surface area contributed by atoms with Crippen LogP contribution in [0.15, 0.2) is 10.7 Å². The van der Waals surface area contributed by atoms with Crippen molar-refractivity contribution in [3.05, 3.63) is 6.33 Å². The molecule has 0 aromatic carbocycles. The van der Waals surface area contributed by atoms with E-state index in [2.05, 4.69) is 21.6 Å². The molecule has 1 aromatic heterocycles. The molecule has 2 atom stereocenters. The minimum absolute atomic E-state index is 0.749. The van der Waals surface area contributed by atoms with E-state index in [9.17, 15) is 0 Å². The van der Waals surface area contributed by atoms with Gasteiger partial charge in [-0.15, -0.1) is 0 Å². The zero-order valence-corrected chi connectivity index (χ0v) is 11.3. The van der Waals surface area contributed by atoms with Crippen molar-refractivity contribution >= 4 is 23.3 Å². The second-order valence-electron chi connectivity index (χ2n) is 4.48. The molecule has 0 spiro atoms. The molecule has 16 heavy (non-hydrogen) atoms. The summed E-state index contributed by atoms with van der Waals surface area (Å²) >= 11 is 3.28. The van der Waals surface area contributed by atoms with Crippen molar-refractivity contribution in [3.8, 4) is 0 Å². The van der Waals surface area contributed by atoms with Gasteiger partial charge in [-0.05, 0) is 30.3 Å². The lowest BCUT2D eigenvalue weighted by Gasteiger charge is -2.27. The summed E-state index contributed by atoms with van der Waals surface area (Å²) in [6.45, 7) is 3.45. The van der Waals surface area contributed by atoms with Crippen molar-refractivity contribution in [2.75, 3.05) is 12.3 Å². The van der Waals surface area contributed by atoms with Crippen molar-refractivity contribution in [1.29, 1.82) is 0 Å².